The van der Waals surface area contributed by atoms with Crippen LogP contribution in [0.3, 0.4) is 0 Å². The molecular formula is C7H9NOY-2. The molecule has 3 heteroatoms. The van der Waals surface area contributed by atoms with E-state index in [1.54, 1.807) is 19.4 Å². The van der Waals surface area contributed by atoms with Crippen LogP contribution >= 0.6 is 0 Å². The molecule has 0 aliphatic carbocycles. The zero-order valence-corrected chi connectivity index (χ0v) is 8.98. The van der Waals surface area contributed by atoms with Crippen molar-refractivity contribution >= 4 is 6.41 Å². The van der Waals surface area contributed by atoms with Crippen molar-refractivity contribution in [3.63, 3.8) is 0 Å². The molecule has 0 aromatic heterocycles. The molecule has 0 bridgehead atoms. The molecule has 0 saturated carbocycles. The molecule has 0 aliphatic heterocycles. The van der Waals surface area contributed by atoms with Crippen molar-refractivity contribution in [2.45, 2.75) is 13.8 Å². The summed E-state index contributed by atoms with van der Waals surface area (Å²) in [6.07, 6.45) is 7.89. The van der Waals surface area contributed by atoms with E-state index in [0.29, 0.717) is 5.70 Å². The van der Waals surface area contributed by atoms with E-state index in [-0.39, 0.29) is 32.7 Å². The molecule has 0 aromatic rings. The van der Waals surface area contributed by atoms with E-state index in [2.05, 4.69) is 11.4 Å². The standard InChI is InChI=1S/C7H9NO.Y/c1-3-4-5-7(2)8-6-9;/h3-4H,1-2H3,(H,8,9);/q-2;/b4-3-;. The van der Waals surface area contributed by atoms with Crippen LogP contribution in [0.2, 0.25) is 0 Å². The normalized spacial score (nSPS) is 10.8. The van der Waals surface area contributed by atoms with Crippen molar-refractivity contribution in [1.29, 1.82) is 0 Å². The Morgan fingerprint density at radius 2 is 2.20 bits per heavy atom. The van der Waals surface area contributed by atoms with E-state index in [9.17, 15) is 4.79 Å². The number of amides is 1. The van der Waals surface area contributed by atoms with Crippen molar-refractivity contribution < 1.29 is 37.5 Å². The minimum Gasteiger partial charge on any atom is -0.510 e. The van der Waals surface area contributed by atoms with Gasteiger partial charge in [0.15, 0.2) is 0 Å². The van der Waals surface area contributed by atoms with Gasteiger partial charge >= 0.3 is 0 Å². The third kappa shape index (κ3) is 8.05. The van der Waals surface area contributed by atoms with E-state index in [0.717, 1.165) is 0 Å². The second-order valence-electron chi connectivity index (χ2n) is 1.50. The number of hydrogen-bond acceptors (Lipinski definition) is 1. The molecule has 53 valence electrons. The van der Waals surface area contributed by atoms with Crippen LogP contribution in [-0.4, -0.2) is 6.41 Å². The van der Waals surface area contributed by atoms with Crippen LogP contribution in [0, 0.1) is 6.08 Å². The maximum absolute atomic E-state index is 9.66. The summed E-state index contributed by atoms with van der Waals surface area (Å²) in [6, 6.07) is 0. The Hall–Kier alpha value is 0.0539. The summed E-state index contributed by atoms with van der Waals surface area (Å²) in [5, 5.41) is 2.33. The fraction of sp³-hybridized carbons (Fsp3) is 0.286. The Morgan fingerprint density at radius 1 is 1.60 bits per heavy atom. The Labute approximate surface area is 86.6 Å². The van der Waals surface area contributed by atoms with Crippen LogP contribution in [0.4, 0.5) is 0 Å². The molecule has 1 radical (unpaired) electrons. The summed E-state index contributed by atoms with van der Waals surface area (Å²) < 4.78 is 0. The number of rotatable bonds is 3. The second kappa shape index (κ2) is 9.05. The summed E-state index contributed by atoms with van der Waals surface area (Å²) in [7, 11) is 0. The molecule has 0 fully saturated rings. The number of nitrogens with one attached hydrogen (secondary N) is 1. The van der Waals surface area contributed by atoms with E-state index >= 15 is 0 Å². The monoisotopic (exact) mass is 212 g/mol. The van der Waals surface area contributed by atoms with Gasteiger partial charge in [0.05, 0.1) is 6.41 Å². The first-order chi connectivity index (χ1) is 4.31. The van der Waals surface area contributed by atoms with Gasteiger partial charge in [0.1, 0.15) is 0 Å². The third-order valence-electron chi connectivity index (χ3n) is 0.705. The van der Waals surface area contributed by atoms with Gasteiger partial charge in [0, 0.05) is 32.7 Å². The quantitative estimate of drug-likeness (QED) is 0.420. The van der Waals surface area contributed by atoms with Gasteiger partial charge in [0.2, 0.25) is 0 Å². The van der Waals surface area contributed by atoms with Crippen LogP contribution in [0.1, 0.15) is 13.8 Å². The molecule has 1 N–H and O–H groups in total. The minimum atomic E-state index is 0. The average Bonchev–Trinajstić information content (AvgIpc) is 1.85. The Kier molecular flexibility index (Phi) is 11.5. The smallest absolute Gasteiger partial charge is 0.0678 e. The summed E-state index contributed by atoms with van der Waals surface area (Å²) in [4.78, 5) is 9.66. The summed E-state index contributed by atoms with van der Waals surface area (Å²) in [5.74, 6) is 0. The van der Waals surface area contributed by atoms with E-state index in [1.165, 1.54) is 0 Å². The Morgan fingerprint density at radius 3 is 2.60 bits per heavy atom. The second-order valence-corrected chi connectivity index (χ2v) is 1.50. The van der Waals surface area contributed by atoms with Crippen molar-refractivity contribution in [1.82, 2.24) is 5.32 Å². The van der Waals surface area contributed by atoms with Gasteiger partial charge in [-0.25, -0.2) is 11.8 Å². The van der Waals surface area contributed by atoms with Gasteiger partial charge in [-0.15, -0.1) is 13.8 Å². The first-order valence-corrected chi connectivity index (χ1v) is 2.65. The zero-order valence-electron chi connectivity index (χ0n) is 6.14. The van der Waals surface area contributed by atoms with E-state index in [4.69, 9.17) is 0 Å². The third-order valence-corrected chi connectivity index (χ3v) is 0.705. The minimum absolute atomic E-state index is 0. The van der Waals surface area contributed by atoms with Gasteiger partial charge in [-0.2, -0.15) is 0 Å². The Bertz CT molecular complexity index is 141. The van der Waals surface area contributed by atoms with Gasteiger partial charge in [-0.05, 0) is 0 Å². The number of carbonyl (C=O) groups excluding carboxylic acids is 1. The van der Waals surface area contributed by atoms with Crippen LogP contribution in [0.25, 0.3) is 0 Å². The molecule has 2 nitrogen and oxygen atoms in total. The molecule has 0 unspecified atom stereocenters. The molecular weight excluding hydrogens is 203 g/mol. The summed E-state index contributed by atoms with van der Waals surface area (Å²) in [6.45, 7) is 3.62. The Balaban J connectivity index is 0. The van der Waals surface area contributed by atoms with Gasteiger partial charge in [-0.3, -0.25) is 6.08 Å². The maximum Gasteiger partial charge on any atom is 0.0678 e. The predicted molar refractivity (Wildman–Crippen MR) is 36.1 cm³/mol. The molecule has 0 spiro atoms. The van der Waals surface area contributed by atoms with E-state index in [1.807, 2.05) is 13.0 Å². The van der Waals surface area contributed by atoms with Crippen molar-refractivity contribution in [2.75, 3.05) is 0 Å². The van der Waals surface area contributed by atoms with Crippen LogP contribution in [0.5, 0.6) is 0 Å². The number of hydrogen-bond donors (Lipinski definition) is 1. The molecule has 0 aliphatic rings. The van der Waals surface area contributed by atoms with Crippen molar-refractivity contribution in [3.8, 4) is 0 Å². The topological polar surface area (TPSA) is 29.1 Å². The van der Waals surface area contributed by atoms with Gasteiger partial charge in [0.25, 0.3) is 0 Å². The fourth-order valence-corrected chi connectivity index (χ4v) is 0.321. The molecule has 0 rings (SSSR count). The largest absolute Gasteiger partial charge is 0.510 e. The maximum atomic E-state index is 9.66. The summed E-state index contributed by atoms with van der Waals surface area (Å²) in [5.41, 5.74) is 0.670. The molecule has 0 atom stereocenters. The van der Waals surface area contributed by atoms with Crippen molar-refractivity contribution in [2.24, 2.45) is 0 Å². The molecule has 1 amide bonds. The van der Waals surface area contributed by atoms with E-state index < -0.39 is 0 Å². The predicted octanol–water partition coefficient (Wildman–Crippen LogP) is 0.924. The van der Waals surface area contributed by atoms with Crippen LogP contribution in [-0.2, 0) is 37.5 Å². The SMILES string of the molecule is C/C=C\[C-]=C(C)N[C-]=O.[Y]. The fourth-order valence-electron chi connectivity index (χ4n) is 0.321. The van der Waals surface area contributed by atoms with Gasteiger partial charge in [-0.1, -0.05) is 0 Å². The first kappa shape index (κ1) is 12.7. The molecule has 0 heterocycles. The molecule has 10 heavy (non-hydrogen) atoms. The van der Waals surface area contributed by atoms with Crippen LogP contribution < -0.4 is 5.32 Å². The van der Waals surface area contributed by atoms with Gasteiger partial charge < -0.3 is 16.2 Å². The first-order valence-electron chi connectivity index (χ1n) is 2.65. The summed E-state index contributed by atoms with van der Waals surface area (Å²) >= 11 is 0. The van der Waals surface area contributed by atoms with Crippen LogP contribution in [0.15, 0.2) is 17.8 Å². The number of allylic oxidation sites excluding steroid dienone is 4. The zero-order chi connectivity index (χ0) is 7.11. The average molecular weight is 212 g/mol. The molecule has 0 aromatic carbocycles. The molecule has 0 saturated heterocycles. The van der Waals surface area contributed by atoms with Crippen molar-refractivity contribution in [3.05, 3.63) is 23.9 Å².